The number of aryl methyl sites for hydroxylation is 1. The molecule has 1 aromatic heterocycles. The Morgan fingerprint density at radius 3 is 2.63 bits per heavy atom. The first-order valence-electron chi connectivity index (χ1n) is 8.02. The average molecular weight is 263 g/mol. The minimum atomic E-state index is 0.589. The van der Waals surface area contributed by atoms with Gasteiger partial charge in [0.2, 0.25) is 0 Å². The fourth-order valence-electron chi connectivity index (χ4n) is 3.45. The van der Waals surface area contributed by atoms with Gasteiger partial charge in [-0.1, -0.05) is 33.6 Å². The molecule has 19 heavy (non-hydrogen) atoms. The molecule has 0 aromatic carbocycles. The van der Waals surface area contributed by atoms with E-state index in [1.165, 1.54) is 36.5 Å². The number of nitrogens with one attached hydrogen (secondary N) is 1. The Kier molecular flexibility index (Phi) is 5.03. The van der Waals surface area contributed by atoms with Crippen LogP contribution in [0.15, 0.2) is 0 Å². The zero-order valence-corrected chi connectivity index (χ0v) is 13.0. The van der Waals surface area contributed by atoms with E-state index in [2.05, 4.69) is 37.6 Å². The molecule has 1 unspecified atom stereocenters. The lowest BCUT2D eigenvalue weighted by atomic mass is 9.94. The van der Waals surface area contributed by atoms with Crippen LogP contribution in [-0.2, 0) is 19.4 Å². The van der Waals surface area contributed by atoms with E-state index in [1.807, 2.05) is 0 Å². The number of nitrogens with zero attached hydrogens (tertiary/aromatic N) is 2. The summed E-state index contributed by atoms with van der Waals surface area (Å²) in [5.41, 5.74) is 2.80. The van der Waals surface area contributed by atoms with E-state index >= 15 is 0 Å². The van der Waals surface area contributed by atoms with Gasteiger partial charge in [-0.05, 0) is 19.3 Å². The Bertz CT molecular complexity index is 404. The standard InChI is InChI=1S/C16H29N3/c1-5-8-16-18-14-11-17-10-9-15(14)19(16)12(4)13(6-2)7-3/h12-13,17H,5-11H2,1-4H3. The number of rotatable bonds is 6. The van der Waals surface area contributed by atoms with Gasteiger partial charge >= 0.3 is 0 Å². The molecule has 1 atom stereocenters. The van der Waals surface area contributed by atoms with Crippen LogP contribution in [0.25, 0.3) is 0 Å². The van der Waals surface area contributed by atoms with Crippen molar-refractivity contribution in [2.24, 2.45) is 5.92 Å². The molecule has 3 heteroatoms. The molecular formula is C16H29N3. The van der Waals surface area contributed by atoms with Gasteiger partial charge in [-0.15, -0.1) is 0 Å². The van der Waals surface area contributed by atoms with Gasteiger partial charge in [0.25, 0.3) is 0 Å². The van der Waals surface area contributed by atoms with Crippen LogP contribution in [0.5, 0.6) is 0 Å². The van der Waals surface area contributed by atoms with Crippen molar-refractivity contribution in [2.45, 2.75) is 72.4 Å². The lowest BCUT2D eigenvalue weighted by Gasteiger charge is -2.27. The van der Waals surface area contributed by atoms with Crippen LogP contribution in [0.2, 0.25) is 0 Å². The second kappa shape index (κ2) is 6.56. The summed E-state index contributed by atoms with van der Waals surface area (Å²) in [5.74, 6) is 2.08. The highest BCUT2D eigenvalue weighted by Crippen LogP contribution is 2.30. The average Bonchev–Trinajstić information content (AvgIpc) is 2.78. The second-order valence-electron chi connectivity index (χ2n) is 5.79. The summed E-state index contributed by atoms with van der Waals surface area (Å²) in [6, 6.07) is 0.589. The molecule has 0 bridgehead atoms. The van der Waals surface area contributed by atoms with Gasteiger partial charge in [-0.2, -0.15) is 0 Å². The highest BCUT2D eigenvalue weighted by molar-refractivity contribution is 5.21. The predicted molar refractivity (Wildman–Crippen MR) is 80.4 cm³/mol. The SMILES string of the molecule is CCCc1nc2c(n1C(C)C(CC)CC)CCNC2. The third-order valence-electron chi connectivity index (χ3n) is 4.61. The number of imidazole rings is 1. The van der Waals surface area contributed by atoms with E-state index in [-0.39, 0.29) is 0 Å². The minimum Gasteiger partial charge on any atom is -0.329 e. The van der Waals surface area contributed by atoms with Crippen LogP contribution in [0, 0.1) is 5.92 Å². The summed E-state index contributed by atoms with van der Waals surface area (Å²) < 4.78 is 2.58. The molecule has 0 saturated carbocycles. The molecule has 3 nitrogen and oxygen atoms in total. The molecule has 0 radical (unpaired) electrons. The maximum Gasteiger partial charge on any atom is 0.109 e. The molecular weight excluding hydrogens is 234 g/mol. The summed E-state index contributed by atoms with van der Waals surface area (Å²) in [5, 5.41) is 3.44. The molecule has 0 amide bonds. The first kappa shape index (κ1) is 14.6. The molecule has 1 aliphatic heterocycles. The quantitative estimate of drug-likeness (QED) is 0.851. The summed E-state index contributed by atoms with van der Waals surface area (Å²) in [6.07, 6.45) is 5.94. The van der Waals surface area contributed by atoms with Crippen molar-refractivity contribution in [1.82, 2.24) is 14.9 Å². The topological polar surface area (TPSA) is 29.9 Å². The number of fused-ring (bicyclic) bond motifs is 1. The van der Waals surface area contributed by atoms with Crippen molar-refractivity contribution >= 4 is 0 Å². The minimum absolute atomic E-state index is 0.589. The normalized spacial score (nSPS) is 16.7. The van der Waals surface area contributed by atoms with Crippen molar-refractivity contribution in [3.8, 4) is 0 Å². The first-order chi connectivity index (χ1) is 9.22. The van der Waals surface area contributed by atoms with Crippen LogP contribution in [0.1, 0.15) is 70.2 Å². The Hall–Kier alpha value is -0.830. The molecule has 0 saturated heterocycles. The lowest BCUT2D eigenvalue weighted by molar-refractivity contribution is 0.318. The Balaban J connectivity index is 2.37. The highest BCUT2D eigenvalue weighted by atomic mass is 15.1. The van der Waals surface area contributed by atoms with Gasteiger partial charge < -0.3 is 9.88 Å². The molecule has 0 spiro atoms. The van der Waals surface area contributed by atoms with E-state index in [0.29, 0.717) is 6.04 Å². The fourth-order valence-corrected chi connectivity index (χ4v) is 3.45. The Labute approximate surface area is 117 Å². The van der Waals surface area contributed by atoms with Crippen LogP contribution in [0.3, 0.4) is 0 Å². The maximum absolute atomic E-state index is 4.91. The number of hydrogen-bond acceptors (Lipinski definition) is 2. The van der Waals surface area contributed by atoms with Crippen molar-refractivity contribution < 1.29 is 0 Å². The summed E-state index contributed by atoms with van der Waals surface area (Å²) in [6.45, 7) is 11.3. The summed E-state index contributed by atoms with van der Waals surface area (Å²) >= 11 is 0. The fraction of sp³-hybridized carbons (Fsp3) is 0.812. The molecule has 0 aliphatic carbocycles. The third kappa shape index (κ3) is 2.86. The number of hydrogen-bond donors (Lipinski definition) is 1. The van der Waals surface area contributed by atoms with Gasteiger partial charge in [0.05, 0.1) is 5.69 Å². The van der Waals surface area contributed by atoms with Gasteiger partial charge in [0, 0.05) is 37.7 Å². The largest absolute Gasteiger partial charge is 0.329 e. The van der Waals surface area contributed by atoms with Crippen LogP contribution < -0.4 is 5.32 Å². The van der Waals surface area contributed by atoms with Crippen LogP contribution in [0.4, 0.5) is 0 Å². The smallest absolute Gasteiger partial charge is 0.109 e. The van der Waals surface area contributed by atoms with E-state index in [9.17, 15) is 0 Å². The first-order valence-corrected chi connectivity index (χ1v) is 8.02. The van der Waals surface area contributed by atoms with Crippen molar-refractivity contribution in [2.75, 3.05) is 6.54 Å². The molecule has 1 aromatic rings. The van der Waals surface area contributed by atoms with E-state index in [1.54, 1.807) is 0 Å². The Morgan fingerprint density at radius 1 is 1.26 bits per heavy atom. The Morgan fingerprint density at radius 2 is 2.00 bits per heavy atom. The van der Waals surface area contributed by atoms with Crippen molar-refractivity contribution in [3.63, 3.8) is 0 Å². The lowest BCUT2D eigenvalue weighted by Crippen LogP contribution is -2.27. The number of aromatic nitrogens is 2. The van der Waals surface area contributed by atoms with Gasteiger partial charge in [0.1, 0.15) is 5.82 Å². The second-order valence-corrected chi connectivity index (χ2v) is 5.79. The van der Waals surface area contributed by atoms with E-state index < -0.39 is 0 Å². The van der Waals surface area contributed by atoms with Gasteiger partial charge in [-0.3, -0.25) is 0 Å². The van der Waals surface area contributed by atoms with Crippen LogP contribution >= 0.6 is 0 Å². The molecule has 2 heterocycles. The zero-order valence-electron chi connectivity index (χ0n) is 13.0. The monoisotopic (exact) mass is 263 g/mol. The molecule has 0 fully saturated rings. The van der Waals surface area contributed by atoms with Gasteiger partial charge in [-0.25, -0.2) is 4.98 Å². The highest BCUT2D eigenvalue weighted by Gasteiger charge is 2.25. The third-order valence-corrected chi connectivity index (χ3v) is 4.61. The van der Waals surface area contributed by atoms with Crippen molar-refractivity contribution in [1.29, 1.82) is 0 Å². The predicted octanol–water partition coefficient (Wildman–Crippen LogP) is 3.48. The molecule has 1 aliphatic rings. The van der Waals surface area contributed by atoms with E-state index in [4.69, 9.17) is 4.98 Å². The summed E-state index contributed by atoms with van der Waals surface area (Å²) in [4.78, 5) is 4.91. The summed E-state index contributed by atoms with van der Waals surface area (Å²) in [7, 11) is 0. The molecule has 1 N–H and O–H groups in total. The zero-order chi connectivity index (χ0) is 13.8. The maximum atomic E-state index is 4.91. The van der Waals surface area contributed by atoms with E-state index in [0.717, 1.165) is 31.8 Å². The molecule has 108 valence electrons. The van der Waals surface area contributed by atoms with Crippen LogP contribution in [-0.4, -0.2) is 16.1 Å². The van der Waals surface area contributed by atoms with Gasteiger partial charge in [0.15, 0.2) is 0 Å². The van der Waals surface area contributed by atoms with Crippen molar-refractivity contribution in [3.05, 3.63) is 17.2 Å². The molecule has 2 rings (SSSR count).